The Bertz CT molecular complexity index is 600. The summed E-state index contributed by atoms with van der Waals surface area (Å²) in [6.07, 6.45) is -3.64. The number of alkyl halides is 3. The number of aromatic nitrogens is 1. The molecule has 2 rings (SSSR count). The third-order valence-corrected chi connectivity index (χ3v) is 4.04. The van der Waals surface area contributed by atoms with Crippen molar-refractivity contribution < 1.29 is 13.2 Å². The van der Waals surface area contributed by atoms with E-state index in [9.17, 15) is 13.2 Å². The van der Waals surface area contributed by atoms with Gasteiger partial charge in [-0.2, -0.15) is 13.2 Å². The molecule has 0 fully saturated rings. The van der Waals surface area contributed by atoms with Crippen molar-refractivity contribution in [1.82, 2.24) is 4.98 Å². The molecule has 0 amide bonds. The highest BCUT2D eigenvalue weighted by molar-refractivity contribution is 7.98. The summed E-state index contributed by atoms with van der Waals surface area (Å²) in [6.45, 7) is 0. The molecule has 0 unspecified atom stereocenters. The van der Waals surface area contributed by atoms with E-state index in [0.29, 0.717) is 16.5 Å². The van der Waals surface area contributed by atoms with E-state index >= 15 is 0 Å². The standard InChI is InChI=1S/C13H8Cl2F3NS/c14-9-1-3-10(4-2-9)20-7-12-11(15)5-8(6-19-12)13(16,17)18/h1-6H,7H2. The summed E-state index contributed by atoms with van der Waals surface area (Å²) in [5, 5.41) is 0.640. The highest BCUT2D eigenvalue weighted by Gasteiger charge is 2.31. The molecule has 0 radical (unpaired) electrons. The van der Waals surface area contributed by atoms with Crippen LogP contribution in [0.4, 0.5) is 13.2 Å². The molecule has 1 aromatic carbocycles. The second-order valence-corrected chi connectivity index (χ2v) is 5.79. The van der Waals surface area contributed by atoms with Crippen LogP contribution in [0.3, 0.4) is 0 Å². The monoisotopic (exact) mass is 337 g/mol. The predicted octanol–water partition coefficient (Wildman–Crippen LogP) is 5.70. The first kappa shape index (κ1) is 15.5. The average molecular weight is 338 g/mol. The average Bonchev–Trinajstić information content (AvgIpc) is 2.38. The second-order valence-electron chi connectivity index (χ2n) is 3.89. The third kappa shape index (κ3) is 4.04. The first-order chi connectivity index (χ1) is 9.36. The molecule has 7 heteroatoms. The summed E-state index contributed by atoms with van der Waals surface area (Å²) in [4.78, 5) is 4.72. The van der Waals surface area contributed by atoms with Crippen LogP contribution in [0.25, 0.3) is 0 Å². The highest BCUT2D eigenvalue weighted by atomic mass is 35.5. The number of rotatable bonds is 3. The van der Waals surface area contributed by atoms with E-state index < -0.39 is 11.7 Å². The van der Waals surface area contributed by atoms with Crippen molar-refractivity contribution in [2.45, 2.75) is 16.8 Å². The lowest BCUT2D eigenvalue weighted by atomic mass is 10.2. The summed E-state index contributed by atoms with van der Waals surface area (Å²) in [5.41, 5.74) is -0.428. The van der Waals surface area contributed by atoms with Gasteiger partial charge in [0.1, 0.15) is 0 Å². The Morgan fingerprint density at radius 2 is 1.75 bits per heavy atom. The van der Waals surface area contributed by atoms with Gasteiger partial charge < -0.3 is 0 Å². The summed E-state index contributed by atoms with van der Waals surface area (Å²) >= 11 is 13.0. The van der Waals surface area contributed by atoms with Crippen LogP contribution in [0.5, 0.6) is 0 Å². The smallest absolute Gasteiger partial charge is 0.258 e. The van der Waals surface area contributed by atoms with Crippen LogP contribution in [0.15, 0.2) is 41.4 Å². The maximum absolute atomic E-state index is 12.5. The molecule has 0 atom stereocenters. The molecule has 0 aliphatic rings. The van der Waals surface area contributed by atoms with Crippen molar-refractivity contribution in [1.29, 1.82) is 0 Å². The number of pyridine rings is 1. The zero-order valence-corrected chi connectivity index (χ0v) is 12.2. The van der Waals surface area contributed by atoms with Crippen LogP contribution < -0.4 is 0 Å². The summed E-state index contributed by atoms with van der Waals surface area (Å²) < 4.78 is 37.4. The molecule has 106 valence electrons. The van der Waals surface area contributed by atoms with E-state index in [1.807, 2.05) is 12.1 Å². The molecule has 1 nitrogen and oxygen atoms in total. The molecule has 0 spiro atoms. The lowest BCUT2D eigenvalue weighted by molar-refractivity contribution is -0.137. The van der Waals surface area contributed by atoms with Crippen molar-refractivity contribution in [2.75, 3.05) is 0 Å². The fraction of sp³-hybridized carbons (Fsp3) is 0.154. The molecule has 1 aromatic heterocycles. The summed E-state index contributed by atoms with van der Waals surface area (Å²) in [5.74, 6) is 0.388. The molecule has 0 bridgehead atoms. The zero-order chi connectivity index (χ0) is 14.8. The lowest BCUT2D eigenvalue weighted by Gasteiger charge is -2.09. The van der Waals surface area contributed by atoms with Gasteiger partial charge in [0.2, 0.25) is 0 Å². The van der Waals surface area contributed by atoms with E-state index in [1.165, 1.54) is 11.8 Å². The molecule has 1 heterocycles. The summed E-state index contributed by atoms with van der Waals surface area (Å²) in [7, 11) is 0. The molecule has 20 heavy (non-hydrogen) atoms. The predicted molar refractivity (Wildman–Crippen MR) is 75.3 cm³/mol. The van der Waals surface area contributed by atoms with E-state index in [2.05, 4.69) is 4.98 Å². The number of thioether (sulfide) groups is 1. The van der Waals surface area contributed by atoms with Gasteiger partial charge in [0.25, 0.3) is 0 Å². The quantitative estimate of drug-likeness (QED) is 0.666. The van der Waals surface area contributed by atoms with Crippen LogP contribution in [0.1, 0.15) is 11.3 Å². The van der Waals surface area contributed by atoms with Gasteiger partial charge in [0.15, 0.2) is 0 Å². The van der Waals surface area contributed by atoms with Gasteiger partial charge in [-0.05, 0) is 30.3 Å². The topological polar surface area (TPSA) is 12.9 Å². The van der Waals surface area contributed by atoms with E-state index in [0.717, 1.165) is 17.2 Å². The molecule has 2 aromatic rings. The number of benzene rings is 1. The van der Waals surface area contributed by atoms with E-state index in [4.69, 9.17) is 23.2 Å². The van der Waals surface area contributed by atoms with Crippen molar-refractivity contribution in [3.63, 3.8) is 0 Å². The van der Waals surface area contributed by atoms with Crippen molar-refractivity contribution in [2.24, 2.45) is 0 Å². The van der Waals surface area contributed by atoms with Crippen LogP contribution in [0.2, 0.25) is 10.0 Å². The zero-order valence-electron chi connectivity index (χ0n) is 9.92. The SMILES string of the molecule is FC(F)(F)c1cnc(CSc2ccc(Cl)cc2)c(Cl)c1. The Kier molecular flexibility index (Phi) is 4.83. The fourth-order valence-corrected chi connectivity index (χ4v) is 2.71. The van der Waals surface area contributed by atoms with Gasteiger partial charge in [-0.1, -0.05) is 23.2 Å². The second kappa shape index (κ2) is 6.24. The van der Waals surface area contributed by atoms with E-state index in [-0.39, 0.29) is 5.02 Å². The van der Waals surface area contributed by atoms with Crippen molar-refractivity contribution in [3.8, 4) is 0 Å². The molecule has 0 aliphatic heterocycles. The minimum absolute atomic E-state index is 0.0151. The fourth-order valence-electron chi connectivity index (χ4n) is 1.41. The number of nitrogens with zero attached hydrogens (tertiary/aromatic N) is 1. The molecule has 0 N–H and O–H groups in total. The minimum Gasteiger partial charge on any atom is -0.258 e. The van der Waals surface area contributed by atoms with Crippen LogP contribution in [-0.4, -0.2) is 4.98 Å². The Morgan fingerprint density at radius 1 is 1.10 bits per heavy atom. The molecular weight excluding hydrogens is 330 g/mol. The Labute approximate surface area is 128 Å². The minimum atomic E-state index is -4.43. The first-order valence-electron chi connectivity index (χ1n) is 5.46. The van der Waals surface area contributed by atoms with Crippen LogP contribution in [0, 0.1) is 0 Å². The van der Waals surface area contributed by atoms with Gasteiger partial charge in [0.05, 0.1) is 16.3 Å². The third-order valence-electron chi connectivity index (χ3n) is 2.43. The van der Waals surface area contributed by atoms with Gasteiger partial charge >= 0.3 is 6.18 Å². The lowest BCUT2D eigenvalue weighted by Crippen LogP contribution is -2.06. The Hall–Kier alpha value is -0.910. The van der Waals surface area contributed by atoms with Crippen LogP contribution in [-0.2, 0) is 11.9 Å². The molecule has 0 saturated heterocycles. The van der Waals surface area contributed by atoms with Crippen LogP contribution >= 0.6 is 35.0 Å². The molecular formula is C13H8Cl2F3NS. The largest absolute Gasteiger partial charge is 0.417 e. The van der Waals surface area contributed by atoms with Gasteiger partial charge in [-0.3, -0.25) is 4.98 Å². The molecule has 0 saturated carbocycles. The molecule has 0 aliphatic carbocycles. The maximum Gasteiger partial charge on any atom is 0.417 e. The Morgan fingerprint density at radius 3 is 2.30 bits per heavy atom. The van der Waals surface area contributed by atoms with Gasteiger partial charge in [-0.25, -0.2) is 0 Å². The van der Waals surface area contributed by atoms with Crippen molar-refractivity contribution >= 4 is 35.0 Å². The number of hydrogen-bond donors (Lipinski definition) is 0. The van der Waals surface area contributed by atoms with Crippen molar-refractivity contribution in [3.05, 3.63) is 57.8 Å². The first-order valence-corrected chi connectivity index (χ1v) is 7.20. The van der Waals surface area contributed by atoms with Gasteiger partial charge in [0, 0.05) is 21.9 Å². The highest BCUT2D eigenvalue weighted by Crippen LogP contribution is 2.32. The summed E-state index contributed by atoms with van der Waals surface area (Å²) in [6, 6.07) is 8.03. The van der Waals surface area contributed by atoms with E-state index in [1.54, 1.807) is 12.1 Å². The maximum atomic E-state index is 12.5. The number of halogens is 5. The normalized spacial score (nSPS) is 11.7. The van der Waals surface area contributed by atoms with Gasteiger partial charge in [-0.15, -0.1) is 11.8 Å². The Balaban J connectivity index is 2.08. The number of hydrogen-bond acceptors (Lipinski definition) is 2.